The largest absolute Gasteiger partial charge is 0.355 e. The van der Waals surface area contributed by atoms with E-state index in [-0.39, 0.29) is 16.7 Å². The van der Waals surface area contributed by atoms with Gasteiger partial charge in [0.2, 0.25) is 5.91 Å². The van der Waals surface area contributed by atoms with Crippen LogP contribution in [0.4, 0.5) is 0 Å². The highest BCUT2D eigenvalue weighted by molar-refractivity contribution is 7.90. The molecule has 2 heterocycles. The van der Waals surface area contributed by atoms with Crippen LogP contribution in [0, 0.1) is 18.3 Å². The lowest BCUT2D eigenvalue weighted by Gasteiger charge is -2.35. The normalized spacial score (nSPS) is 19.1. The van der Waals surface area contributed by atoms with Crippen molar-refractivity contribution >= 4 is 21.8 Å². The molecule has 0 bridgehead atoms. The molecule has 27 heavy (non-hydrogen) atoms. The van der Waals surface area contributed by atoms with Crippen LogP contribution in [0.2, 0.25) is 0 Å². The second-order valence-corrected chi connectivity index (χ2v) is 8.64. The molecule has 6 nitrogen and oxygen atoms in total. The molecule has 1 amide bonds. The van der Waals surface area contributed by atoms with E-state index < -0.39 is 15.6 Å². The number of amidine groups is 1. The Kier molecular flexibility index (Phi) is 5.29. The number of hydrogen-bond donors (Lipinski definition) is 1. The number of piperidine rings is 1. The van der Waals surface area contributed by atoms with E-state index in [1.807, 2.05) is 24.8 Å². The zero-order chi connectivity index (χ0) is 19.7. The molecule has 1 aromatic carbocycles. The number of terminal acetylenes is 1. The maximum absolute atomic E-state index is 12.7. The molecule has 0 unspecified atom stereocenters. The molecule has 2 aliphatic rings. The molecule has 144 valence electrons. The van der Waals surface area contributed by atoms with Crippen LogP contribution < -0.4 is 5.32 Å². The van der Waals surface area contributed by atoms with E-state index in [0.717, 1.165) is 0 Å². The SMILES string of the molecule is C#CC(CC)(CC)NC(=O)C1CCN(C2=NS(=O)(=O)c3ccccc32)CC1. The molecular weight excluding hydrogens is 362 g/mol. The van der Waals surface area contributed by atoms with Gasteiger partial charge in [-0.15, -0.1) is 10.8 Å². The zero-order valence-electron chi connectivity index (χ0n) is 15.7. The van der Waals surface area contributed by atoms with Crippen LogP contribution in [-0.2, 0) is 14.8 Å². The molecule has 0 saturated carbocycles. The maximum Gasteiger partial charge on any atom is 0.285 e. The van der Waals surface area contributed by atoms with Crippen molar-refractivity contribution in [1.82, 2.24) is 10.2 Å². The van der Waals surface area contributed by atoms with Gasteiger partial charge in [-0.3, -0.25) is 4.79 Å². The van der Waals surface area contributed by atoms with Crippen LogP contribution in [-0.4, -0.2) is 43.7 Å². The molecule has 1 saturated heterocycles. The average molecular weight is 388 g/mol. The van der Waals surface area contributed by atoms with Crippen molar-refractivity contribution in [3.63, 3.8) is 0 Å². The van der Waals surface area contributed by atoms with Crippen LogP contribution in [0.15, 0.2) is 33.6 Å². The van der Waals surface area contributed by atoms with Crippen LogP contribution in [0.3, 0.4) is 0 Å². The second-order valence-electron chi connectivity index (χ2n) is 7.07. The number of benzene rings is 1. The van der Waals surface area contributed by atoms with Crippen LogP contribution >= 0.6 is 0 Å². The Bertz CT molecular complexity index is 903. The Morgan fingerprint density at radius 1 is 1.30 bits per heavy atom. The standard InChI is InChI=1S/C20H25N3O3S/c1-4-20(5-2,6-3)21-19(24)15-11-13-23(14-12-15)18-16-9-7-8-10-17(16)27(25,26)22-18/h1,7-10,15H,5-6,11-14H2,2-3H3,(H,21,24). The van der Waals surface area contributed by atoms with E-state index in [4.69, 9.17) is 6.42 Å². The summed E-state index contributed by atoms with van der Waals surface area (Å²) < 4.78 is 28.4. The Morgan fingerprint density at radius 2 is 1.93 bits per heavy atom. The van der Waals surface area contributed by atoms with Gasteiger partial charge in [-0.2, -0.15) is 8.42 Å². The summed E-state index contributed by atoms with van der Waals surface area (Å²) in [4.78, 5) is 14.9. The molecule has 1 N–H and O–H groups in total. The van der Waals surface area contributed by atoms with E-state index in [1.165, 1.54) is 0 Å². The van der Waals surface area contributed by atoms with Crippen molar-refractivity contribution in [3.8, 4) is 12.3 Å². The lowest BCUT2D eigenvalue weighted by Crippen LogP contribution is -2.51. The number of carbonyl (C=O) groups is 1. The summed E-state index contributed by atoms with van der Waals surface area (Å²) in [5.41, 5.74) is 0.0558. The molecule has 3 rings (SSSR count). The molecule has 0 aromatic heterocycles. The third-order valence-electron chi connectivity index (χ3n) is 5.62. The van der Waals surface area contributed by atoms with Gasteiger partial charge in [0.05, 0.1) is 0 Å². The third-order valence-corrected chi connectivity index (χ3v) is 6.95. The number of likely N-dealkylation sites (tertiary alicyclic amines) is 1. The Hall–Kier alpha value is -2.33. The lowest BCUT2D eigenvalue weighted by molar-refractivity contribution is -0.127. The Balaban J connectivity index is 1.68. The fraction of sp³-hybridized carbons (Fsp3) is 0.500. The number of nitrogens with one attached hydrogen (secondary N) is 1. The predicted octanol–water partition coefficient (Wildman–Crippen LogP) is 2.16. The Morgan fingerprint density at radius 3 is 2.52 bits per heavy atom. The highest BCUT2D eigenvalue weighted by Crippen LogP contribution is 2.30. The van der Waals surface area contributed by atoms with Crippen molar-refractivity contribution in [1.29, 1.82) is 0 Å². The summed E-state index contributed by atoms with van der Waals surface area (Å²) in [6.07, 6.45) is 8.30. The van der Waals surface area contributed by atoms with Gasteiger partial charge in [0, 0.05) is 24.6 Å². The van der Waals surface area contributed by atoms with Crippen LogP contribution in [0.25, 0.3) is 0 Å². The fourth-order valence-corrected chi connectivity index (χ4v) is 4.90. The molecule has 0 aliphatic carbocycles. The van der Waals surface area contributed by atoms with E-state index in [1.54, 1.807) is 18.2 Å². The second kappa shape index (κ2) is 7.35. The number of nitrogens with zero attached hydrogens (tertiary/aromatic N) is 2. The minimum atomic E-state index is -3.62. The molecular formula is C20H25N3O3S. The predicted molar refractivity (Wildman–Crippen MR) is 105 cm³/mol. The van der Waals surface area contributed by atoms with Crippen molar-refractivity contribution in [2.24, 2.45) is 10.3 Å². The molecule has 0 radical (unpaired) electrons. The van der Waals surface area contributed by atoms with E-state index >= 15 is 0 Å². The van der Waals surface area contributed by atoms with Crippen molar-refractivity contribution in [2.45, 2.75) is 50.0 Å². The number of fused-ring (bicyclic) bond motifs is 1. The summed E-state index contributed by atoms with van der Waals surface area (Å²) in [7, 11) is -3.62. The average Bonchev–Trinajstić information content (AvgIpc) is 2.98. The molecule has 2 aliphatic heterocycles. The number of sulfonamides is 1. The summed E-state index contributed by atoms with van der Waals surface area (Å²) in [6.45, 7) is 5.12. The smallest absolute Gasteiger partial charge is 0.285 e. The number of hydrogen-bond acceptors (Lipinski definition) is 4. The van der Waals surface area contributed by atoms with Gasteiger partial charge in [0.25, 0.3) is 10.0 Å². The summed E-state index contributed by atoms with van der Waals surface area (Å²) in [5, 5.41) is 3.04. The van der Waals surface area contributed by atoms with E-state index in [0.29, 0.717) is 50.2 Å². The molecule has 1 fully saturated rings. The summed E-state index contributed by atoms with van der Waals surface area (Å²) >= 11 is 0. The molecule has 7 heteroatoms. The fourth-order valence-electron chi connectivity index (χ4n) is 3.67. The quantitative estimate of drug-likeness (QED) is 0.803. The number of amides is 1. The minimum absolute atomic E-state index is 0.0160. The van der Waals surface area contributed by atoms with E-state index in [9.17, 15) is 13.2 Å². The number of rotatable bonds is 4. The molecule has 1 aromatic rings. The van der Waals surface area contributed by atoms with Gasteiger partial charge in [-0.1, -0.05) is 31.9 Å². The summed E-state index contributed by atoms with van der Waals surface area (Å²) in [5.74, 6) is 3.08. The van der Waals surface area contributed by atoms with Crippen molar-refractivity contribution in [2.75, 3.05) is 13.1 Å². The van der Waals surface area contributed by atoms with Crippen molar-refractivity contribution in [3.05, 3.63) is 29.8 Å². The molecule has 0 spiro atoms. The van der Waals surface area contributed by atoms with Crippen LogP contribution in [0.1, 0.15) is 45.1 Å². The van der Waals surface area contributed by atoms with Gasteiger partial charge in [-0.05, 0) is 37.8 Å². The van der Waals surface area contributed by atoms with Gasteiger partial charge >= 0.3 is 0 Å². The highest BCUT2D eigenvalue weighted by atomic mass is 32.2. The Labute approximate surface area is 161 Å². The summed E-state index contributed by atoms with van der Waals surface area (Å²) in [6, 6.07) is 6.87. The third kappa shape index (κ3) is 3.59. The number of carbonyl (C=O) groups excluding carboxylic acids is 1. The first-order valence-electron chi connectivity index (χ1n) is 9.35. The van der Waals surface area contributed by atoms with Crippen LogP contribution in [0.5, 0.6) is 0 Å². The van der Waals surface area contributed by atoms with Gasteiger partial charge < -0.3 is 10.2 Å². The monoisotopic (exact) mass is 387 g/mol. The van der Waals surface area contributed by atoms with E-state index in [2.05, 4.69) is 15.6 Å². The minimum Gasteiger partial charge on any atom is -0.355 e. The zero-order valence-corrected chi connectivity index (χ0v) is 16.6. The van der Waals surface area contributed by atoms with Gasteiger partial charge in [0.15, 0.2) is 5.84 Å². The van der Waals surface area contributed by atoms with Gasteiger partial charge in [-0.25, -0.2) is 0 Å². The van der Waals surface area contributed by atoms with Gasteiger partial charge in [0.1, 0.15) is 10.4 Å². The molecule has 0 atom stereocenters. The maximum atomic E-state index is 12.7. The topological polar surface area (TPSA) is 78.8 Å². The first-order chi connectivity index (χ1) is 12.9. The first-order valence-corrected chi connectivity index (χ1v) is 10.8. The first kappa shape index (κ1) is 19.4. The highest BCUT2D eigenvalue weighted by Gasteiger charge is 2.35. The lowest BCUT2D eigenvalue weighted by atomic mass is 9.90. The van der Waals surface area contributed by atoms with Crippen molar-refractivity contribution < 1.29 is 13.2 Å².